The monoisotopic (exact) mass is 473 g/mol. The SMILES string of the molecule is O=C(Cc1csc(-c2c(Cl)cccc2Cl)n1)N[C@@H](Cc1c[nH]c2ccccc12)C(=O)O. The van der Waals surface area contributed by atoms with E-state index in [1.54, 1.807) is 29.8 Å². The maximum Gasteiger partial charge on any atom is 0.326 e. The zero-order chi connectivity index (χ0) is 22.0. The van der Waals surface area contributed by atoms with Crippen molar-refractivity contribution in [3.8, 4) is 10.6 Å². The number of aliphatic carboxylic acids is 1. The summed E-state index contributed by atoms with van der Waals surface area (Å²) in [5, 5.41) is 16.4. The lowest BCUT2D eigenvalue weighted by molar-refractivity contribution is -0.141. The number of aromatic amines is 1. The van der Waals surface area contributed by atoms with Crippen LogP contribution in [0.2, 0.25) is 10.0 Å². The van der Waals surface area contributed by atoms with E-state index in [1.165, 1.54) is 11.3 Å². The molecule has 0 spiro atoms. The predicted octanol–water partition coefficient (Wildman–Crippen LogP) is 4.95. The number of carboxylic acid groups (broad SMARTS) is 1. The van der Waals surface area contributed by atoms with Gasteiger partial charge in [0.1, 0.15) is 11.0 Å². The van der Waals surface area contributed by atoms with Crippen molar-refractivity contribution in [2.24, 2.45) is 0 Å². The summed E-state index contributed by atoms with van der Waals surface area (Å²) in [6.45, 7) is 0. The number of nitrogens with one attached hydrogen (secondary N) is 2. The molecule has 0 aliphatic rings. The van der Waals surface area contributed by atoms with Gasteiger partial charge < -0.3 is 15.4 Å². The highest BCUT2D eigenvalue weighted by Crippen LogP contribution is 2.36. The molecule has 2 heterocycles. The summed E-state index contributed by atoms with van der Waals surface area (Å²) >= 11 is 13.8. The average Bonchev–Trinajstić information content (AvgIpc) is 3.35. The normalized spacial score (nSPS) is 12.1. The first-order chi connectivity index (χ1) is 14.9. The third-order valence-electron chi connectivity index (χ3n) is 4.80. The standard InChI is InChI=1S/C22H17Cl2N3O3S/c23-15-5-3-6-16(24)20(15)21-26-13(11-31-21)9-19(28)27-18(22(29)30)8-12-10-25-17-7-2-1-4-14(12)17/h1-7,10-11,18,25H,8-9H2,(H,27,28)(H,29,30)/t18-/m0/s1. The minimum absolute atomic E-state index is 0.0454. The van der Waals surface area contributed by atoms with Gasteiger partial charge in [0.15, 0.2) is 0 Å². The van der Waals surface area contributed by atoms with Crippen molar-refractivity contribution < 1.29 is 14.7 Å². The Kier molecular flexibility index (Phi) is 6.27. The van der Waals surface area contributed by atoms with Crippen molar-refractivity contribution >= 4 is 57.3 Å². The smallest absolute Gasteiger partial charge is 0.326 e. The molecule has 31 heavy (non-hydrogen) atoms. The number of aromatic nitrogens is 2. The van der Waals surface area contributed by atoms with Crippen LogP contribution in [0.25, 0.3) is 21.5 Å². The molecule has 0 bridgehead atoms. The third kappa shape index (κ3) is 4.74. The van der Waals surface area contributed by atoms with Gasteiger partial charge in [-0.25, -0.2) is 9.78 Å². The van der Waals surface area contributed by atoms with Crippen molar-refractivity contribution in [2.75, 3.05) is 0 Å². The summed E-state index contributed by atoms with van der Waals surface area (Å²) in [6, 6.07) is 11.8. The number of rotatable bonds is 7. The van der Waals surface area contributed by atoms with Gasteiger partial charge in [0.2, 0.25) is 5.91 Å². The topological polar surface area (TPSA) is 95.1 Å². The van der Waals surface area contributed by atoms with Gasteiger partial charge in [-0.05, 0) is 23.8 Å². The maximum atomic E-state index is 12.5. The first kappa shape index (κ1) is 21.4. The van der Waals surface area contributed by atoms with Crippen LogP contribution in [0.1, 0.15) is 11.3 Å². The van der Waals surface area contributed by atoms with Crippen LogP contribution in [-0.2, 0) is 22.4 Å². The first-order valence-corrected chi connectivity index (χ1v) is 11.0. The molecule has 0 aliphatic carbocycles. The van der Waals surface area contributed by atoms with Crippen LogP contribution in [0.5, 0.6) is 0 Å². The minimum atomic E-state index is -1.10. The molecule has 2 aromatic heterocycles. The van der Waals surface area contributed by atoms with E-state index in [1.807, 2.05) is 24.3 Å². The van der Waals surface area contributed by atoms with Gasteiger partial charge in [-0.2, -0.15) is 0 Å². The van der Waals surface area contributed by atoms with Crippen molar-refractivity contribution in [3.05, 3.63) is 75.3 Å². The number of amides is 1. The van der Waals surface area contributed by atoms with E-state index in [-0.39, 0.29) is 12.8 Å². The van der Waals surface area contributed by atoms with Crippen LogP contribution < -0.4 is 5.32 Å². The lowest BCUT2D eigenvalue weighted by Gasteiger charge is -2.14. The molecule has 0 unspecified atom stereocenters. The molecule has 0 saturated heterocycles. The average molecular weight is 474 g/mol. The number of para-hydroxylation sites is 1. The number of carboxylic acids is 1. The fraction of sp³-hybridized carbons (Fsp3) is 0.136. The second kappa shape index (κ2) is 9.09. The Morgan fingerprint density at radius 2 is 1.87 bits per heavy atom. The molecule has 1 atom stereocenters. The van der Waals surface area contributed by atoms with Gasteiger partial charge in [-0.1, -0.05) is 47.5 Å². The van der Waals surface area contributed by atoms with E-state index in [4.69, 9.17) is 23.2 Å². The fourth-order valence-corrected chi connectivity index (χ4v) is 4.92. The summed E-state index contributed by atoms with van der Waals surface area (Å²) in [4.78, 5) is 31.8. The van der Waals surface area contributed by atoms with Gasteiger partial charge in [0.25, 0.3) is 0 Å². The third-order valence-corrected chi connectivity index (χ3v) is 6.34. The number of H-pyrrole nitrogens is 1. The summed E-state index contributed by atoms with van der Waals surface area (Å²) in [5.74, 6) is -1.52. The quantitative estimate of drug-likeness (QED) is 0.353. The molecule has 6 nitrogen and oxygen atoms in total. The van der Waals surface area contributed by atoms with Crippen LogP contribution in [0, 0.1) is 0 Å². The largest absolute Gasteiger partial charge is 0.480 e. The highest BCUT2D eigenvalue weighted by molar-refractivity contribution is 7.13. The van der Waals surface area contributed by atoms with E-state index in [0.29, 0.717) is 26.3 Å². The molecular weight excluding hydrogens is 457 g/mol. The van der Waals surface area contributed by atoms with E-state index in [0.717, 1.165) is 16.5 Å². The number of hydrogen-bond acceptors (Lipinski definition) is 4. The van der Waals surface area contributed by atoms with E-state index >= 15 is 0 Å². The number of carbonyl (C=O) groups is 2. The van der Waals surface area contributed by atoms with Crippen LogP contribution in [0.4, 0.5) is 0 Å². The van der Waals surface area contributed by atoms with E-state index < -0.39 is 17.9 Å². The second-order valence-electron chi connectivity index (χ2n) is 6.94. The molecule has 0 radical (unpaired) electrons. The lowest BCUT2D eigenvalue weighted by Crippen LogP contribution is -2.43. The summed E-state index contributed by atoms with van der Waals surface area (Å²) in [7, 11) is 0. The summed E-state index contributed by atoms with van der Waals surface area (Å²) < 4.78 is 0. The summed E-state index contributed by atoms with van der Waals surface area (Å²) in [6.07, 6.45) is 1.89. The van der Waals surface area contributed by atoms with Crippen molar-refractivity contribution in [3.63, 3.8) is 0 Å². The number of carbonyl (C=O) groups excluding carboxylic acids is 1. The molecule has 2 aromatic carbocycles. The summed E-state index contributed by atoms with van der Waals surface area (Å²) in [5.41, 5.74) is 2.88. The molecule has 3 N–H and O–H groups in total. The Labute approximate surface area is 191 Å². The molecule has 0 saturated carbocycles. The molecule has 4 rings (SSSR count). The van der Waals surface area contributed by atoms with Gasteiger partial charge in [0, 0.05) is 34.5 Å². The first-order valence-electron chi connectivity index (χ1n) is 9.38. The number of thiazole rings is 1. The number of halogens is 2. The Bertz CT molecular complexity index is 1250. The maximum absolute atomic E-state index is 12.5. The van der Waals surface area contributed by atoms with Crippen molar-refractivity contribution in [1.29, 1.82) is 0 Å². The van der Waals surface area contributed by atoms with Gasteiger partial charge in [0.05, 0.1) is 22.2 Å². The molecule has 1 amide bonds. The van der Waals surface area contributed by atoms with Crippen LogP contribution in [-0.4, -0.2) is 33.0 Å². The molecule has 0 aliphatic heterocycles. The zero-order valence-electron chi connectivity index (χ0n) is 16.1. The molecule has 4 aromatic rings. The molecule has 9 heteroatoms. The van der Waals surface area contributed by atoms with Gasteiger partial charge >= 0.3 is 5.97 Å². The number of benzene rings is 2. The van der Waals surface area contributed by atoms with E-state index in [9.17, 15) is 14.7 Å². The second-order valence-corrected chi connectivity index (χ2v) is 8.61. The van der Waals surface area contributed by atoms with Crippen LogP contribution in [0.3, 0.4) is 0 Å². The Hall–Kier alpha value is -2.87. The van der Waals surface area contributed by atoms with Crippen LogP contribution in [0.15, 0.2) is 54.0 Å². The van der Waals surface area contributed by atoms with Gasteiger partial charge in [-0.3, -0.25) is 4.79 Å². The number of nitrogens with zero attached hydrogens (tertiary/aromatic N) is 1. The molecular formula is C22H17Cl2N3O3S. The number of hydrogen-bond donors (Lipinski definition) is 3. The van der Waals surface area contributed by atoms with Crippen molar-refractivity contribution in [2.45, 2.75) is 18.9 Å². The van der Waals surface area contributed by atoms with E-state index in [2.05, 4.69) is 15.3 Å². The van der Waals surface area contributed by atoms with Crippen molar-refractivity contribution in [1.82, 2.24) is 15.3 Å². The lowest BCUT2D eigenvalue weighted by atomic mass is 10.0. The Morgan fingerprint density at radius 3 is 2.61 bits per heavy atom. The highest BCUT2D eigenvalue weighted by Gasteiger charge is 2.23. The highest BCUT2D eigenvalue weighted by atomic mass is 35.5. The molecule has 0 fully saturated rings. The Balaban J connectivity index is 1.46. The fourth-order valence-electron chi connectivity index (χ4n) is 3.34. The number of fused-ring (bicyclic) bond motifs is 1. The predicted molar refractivity (Wildman–Crippen MR) is 123 cm³/mol. The minimum Gasteiger partial charge on any atom is -0.480 e. The van der Waals surface area contributed by atoms with Gasteiger partial charge in [-0.15, -0.1) is 11.3 Å². The Morgan fingerprint density at radius 1 is 1.13 bits per heavy atom. The van der Waals surface area contributed by atoms with Crippen LogP contribution >= 0.6 is 34.5 Å². The zero-order valence-corrected chi connectivity index (χ0v) is 18.4. The molecule has 158 valence electrons.